The summed E-state index contributed by atoms with van der Waals surface area (Å²) in [6.07, 6.45) is 1.73. The van der Waals surface area contributed by atoms with Crippen molar-refractivity contribution in [2.45, 2.75) is 50.5 Å². The molecule has 2 aromatic carbocycles. The van der Waals surface area contributed by atoms with Gasteiger partial charge in [0.2, 0.25) is 0 Å². The molecule has 1 N–H and O–H groups in total. The Morgan fingerprint density at radius 2 is 2.00 bits per heavy atom. The number of nitrogens with zero attached hydrogens (tertiary/aromatic N) is 2. The van der Waals surface area contributed by atoms with Gasteiger partial charge in [0.15, 0.2) is 5.82 Å². The summed E-state index contributed by atoms with van der Waals surface area (Å²) in [6.45, 7) is 6.94. The fourth-order valence-corrected chi connectivity index (χ4v) is 5.73. The Hall–Kier alpha value is -2.31. The van der Waals surface area contributed by atoms with Crippen molar-refractivity contribution >= 4 is 33.4 Å². The van der Waals surface area contributed by atoms with Gasteiger partial charge in [-0.2, -0.15) is 0 Å². The van der Waals surface area contributed by atoms with Crippen molar-refractivity contribution in [1.29, 1.82) is 0 Å². The normalized spacial score (nSPS) is 23.6. The number of hydrogen-bond acceptors (Lipinski definition) is 4. The van der Waals surface area contributed by atoms with Gasteiger partial charge in [0.05, 0.1) is 27.5 Å². The molecule has 2 aliphatic heterocycles. The summed E-state index contributed by atoms with van der Waals surface area (Å²) < 4.78 is 7.89. The minimum atomic E-state index is -0.200. The van der Waals surface area contributed by atoms with Gasteiger partial charge in [-0.3, -0.25) is 14.6 Å². The fraction of sp³-hybridized carbons (Fsp3) is 0.391. The molecule has 5 nitrogen and oxygen atoms in total. The molecule has 5 rings (SSSR count). The first-order valence-corrected chi connectivity index (χ1v) is 11.0. The van der Waals surface area contributed by atoms with Gasteiger partial charge < -0.3 is 4.74 Å². The lowest BCUT2D eigenvalue weighted by Crippen LogP contribution is -2.35. The molecule has 3 aromatic rings. The Labute approximate surface area is 174 Å². The molecule has 6 heteroatoms. The Balaban J connectivity index is 1.66. The van der Waals surface area contributed by atoms with Gasteiger partial charge >= 0.3 is 0 Å². The van der Waals surface area contributed by atoms with Crippen LogP contribution in [0, 0.1) is 0 Å². The summed E-state index contributed by atoms with van der Waals surface area (Å²) in [6, 6.07) is 14.9. The average molecular weight is 408 g/mol. The topological polar surface area (TPSA) is 59.4 Å². The molecule has 0 aliphatic carbocycles. The van der Waals surface area contributed by atoms with E-state index in [1.807, 2.05) is 11.6 Å². The minimum Gasteiger partial charge on any atom is -0.375 e. The van der Waals surface area contributed by atoms with Gasteiger partial charge in [0.25, 0.3) is 5.56 Å². The van der Waals surface area contributed by atoms with E-state index in [1.54, 1.807) is 11.8 Å². The van der Waals surface area contributed by atoms with Crippen LogP contribution in [0.1, 0.15) is 56.0 Å². The van der Waals surface area contributed by atoms with Gasteiger partial charge in [0, 0.05) is 6.61 Å². The van der Waals surface area contributed by atoms with Gasteiger partial charge in [-0.1, -0.05) is 54.2 Å². The van der Waals surface area contributed by atoms with Crippen molar-refractivity contribution in [3.63, 3.8) is 0 Å². The highest BCUT2D eigenvalue weighted by molar-refractivity contribution is 8.14. The number of benzene rings is 2. The number of aliphatic imine (C=N–C) groups is 1. The zero-order chi connectivity index (χ0) is 20.2. The van der Waals surface area contributed by atoms with Crippen LogP contribution >= 0.6 is 11.8 Å². The molecule has 0 spiro atoms. The van der Waals surface area contributed by atoms with Crippen LogP contribution in [0.5, 0.6) is 0 Å². The molecular weight excluding hydrogens is 382 g/mol. The Morgan fingerprint density at radius 3 is 2.83 bits per heavy atom. The second kappa shape index (κ2) is 6.89. The molecule has 0 radical (unpaired) electrons. The molecule has 0 saturated carbocycles. The van der Waals surface area contributed by atoms with Gasteiger partial charge in [-0.15, -0.1) is 0 Å². The van der Waals surface area contributed by atoms with E-state index in [0.29, 0.717) is 6.61 Å². The molecule has 1 fully saturated rings. The van der Waals surface area contributed by atoms with E-state index in [1.165, 1.54) is 16.3 Å². The first-order valence-electron chi connectivity index (χ1n) is 10.1. The van der Waals surface area contributed by atoms with Crippen molar-refractivity contribution < 1.29 is 4.74 Å². The first kappa shape index (κ1) is 18.7. The van der Waals surface area contributed by atoms with Crippen molar-refractivity contribution in [1.82, 2.24) is 9.78 Å². The van der Waals surface area contributed by atoms with Gasteiger partial charge in [-0.25, -0.2) is 4.99 Å². The number of thioether (sulfide) groups is 1. The molecule has 0 amide bonds. The molecule has 0 unspecified atom stereocenters. The minimum absolute atomic E-state index is 0.0361. The van der Waals surface area contributed by atoms with Crippen molar-refractivity contribution in [3.8, 4) is 0 Å². The van der Waals surface area contributed by atoms with E-state index >= 15 is 0 Å². The molecule has 1 saturated heterocycles. The maximum atomic E-state index is 13.1. The smallest absolute Gasteiger partial charge is 0.271 e. The largest absolute Gasteiger partial charge is 0.375 e. The molecule has 0 bridgehead atoms. The number of nitrogens with one attached hydrogen (secondary N) is 1. The highest BCUT2D eigenvalue weighted by Gasteiger charge is 2.36. The third-order valence-corrected chi connectivity index (χ3v) is 7.05. The highest BCUT2D eigenvalue weighted by Crippen LogP contribution is 2.47. The van der Waals surface area contributed by atoms with E-state index in [4.69, 9.17) is 9.73 Å². The van der Waals surface area contributed by atoms with Crippen LogP contribution in [-0.2, 0) is 4.74 Å². The van der Waals surface area contributed by atoms with E-state index in [2.05, 4.69) is 61.4 Å². The number of fused-ring (bicyclic) bond motifs is 2. The van der Waals surface area contributed by atoms with E-state index in [0.717, 1.165) is 29.3 Å². The summed E-state index contributed by atoms with van der Waals surface area (Å²) >= 11 is 1.66. The third-order valence-electron chi connectivity index (χ3n) is 5.89. The monoisotopic (exact) mass is 407 g/mol. The molecular formula is C23H25N3O2S. The molecule has 29 heavy (non-hydrogen) atoms. The molecule has 1 aromatic heterocycles. The molecule has 2 atom stereocenters. The average Bonchev–Trinajstić information content (AvgIpc) is 3.02. The van der Waals surface area contributed by atoms with Gasteiger partial charge in [0.1, 0.15) is 0 Å². The van der Waals surface area contributed by atoms with Crippen LogP contribution < -0.4 is 5.56 Å². The van der Waals surface area contributed by atoms with Crippen LogP contribution in [0.15, 0.2) is 52.3 Å². The number of rotatable bonds is 2. The van der Waals surface area contributed by atoms with Crippen LogP contribution in [0.2, 0.25) is 0 Å². The lowest BCUT2D eigenvalue weighted by molar-refractivity contribution is -0.0705. The van der Waals surface area contributed by atoms with E-state index in [9.17, 15) is 4.79 Å². The zero-order valence-corrected chi connectivity index (χ0v) is 17.8. The van der Waals surface area contributed by atoms with Crippen molar-refractivity contribution in [2.24, 2.45) is 4.99 Å². The van der Waals surface area contributed by atoms with Crippen molar-refractivity contribution in [2.75, 3.05) is 6.61 Å². The number of hydrogen-bond donors (Lipinski definition) is 1. The van der Waals surface area contributed by atoms with E-state index in [-0.39, 0.29) is 22.5 Å². The van der Waals surface area contributed by atoms with Crippen LogP contribution in [-0.4, -0.2) is 27.0 Å². The first-order chi connectivity index (χ1) is 13.9. The Morgan fingerprint density at radius 1 is 1.21 bits per heavy atom. The van der Waals surface area contributed by atoms with E-state index < -0.39 is 0 Å². The van der Waals surface area contributed by atoms with Gasteiger partial charge in [-0.05, 0) is 49.9 Å². The molecule has 150 valence electrons. The van der Waals surface area contributed by atoms with Crippen LogP contribution in [0.3, 0.4) is 0 Å². The number of aromatic nitrogens is 2. The maximum absolute atomic E-state index is 13.1. The summed E-state index contributed by atoms with van der Waals surface area (Å²) in [7, 11) is 0. The SMILES string of the molecule is CC1=Nc2c(c(=O)[nH]n2[C@H]2CCOC(C)(C)C2)[C@H](c2cccc3ccccc23)S1. The highest BCUT2D eigenvalue weighted by atomic mass is 32.2. The maximum Gasteiger partial charge on any atom is 0.271 e. The Bertz CT molecular complexity index is 1170. The molecule has 3 heterocycles. The van der Waals surface area contributed by atoms with Crippen molar-refractivity contribution in [3.05, 3.63) is 63.9 Å². The zero-order valence-electron chi connectivity index (χ0n) is 16.9. The number of H-pyrrole nitrogens is 1. The second-order valence-electron chi connectivity index (χ2n) is 8.50. The number of aromatic amines is 1. The second-order valence-corrected chi connectivity index (χ2v) is 9.80. The van der Waals surface area contributed by atoms with Crippen LogP contribution in [0.4, 0.5) is 5.82 Å². The lowest BCUT2D eigenvalue weighted by Gasteiger charge is -2.36. The Kier molecular flexibility index (Phi) is 4.44. The summed E-state index contributed by atoms with van der Waals surface area (Å²) in [5, 5.41) is 6.41. The predicted octanol–water partition coefficient (Wildman–Crippen LogP) is 5.35. The summed E-state index contributed by atoms with van der Waals surface area (Å²) in [5.74, 6) is 0.784. The predicted molar refractivity (Wildman–Crippen MR) is 120 cm³/mol. The molecule has 2 aliphatic rings. The third kappa shape index (κ3) is 3.24. The summed E-state index contributed by atoms with van der Waals surface area (Å²) in [5.41, 5.74) is 1.69. The fourth-order valence-electron chi connectivity index (χ4n) is 4.59. The lowest BCUT2D eigenvalue weighted by atomic mass is 9.94. The number of ether oxygens (including phenoxy) is 1. The summed E-state index contributed by atoms with van der Waals surface area (Å²) in [4.78, 5) is 17.9. The standard InChI is InChI=1S/C23H25N3O2S/c1-14-24-21-19(22(27)25-26(21)16-11-12-28-23(2,3)13-16)20(29-14)18-10-6-8-15-7-4-5-9-17(15)18/h4-10,16,20H,11-13H2,1-3H3,(H,25,27)/t16-,20-/m0/s1. The quantitative estimate of drug-likeness (QED) is 0.623. The van der Waals surface area contributed by atoms with Crippen LogP contribution in [0.25, 0.3) is 10.8 Å².